The zero-order valence-electron chi connectivity index (χ0n) is 15.1. The number of thiazole rings is 1. The summed E-state index contributed by atoms with van der Waals surface area (Å²) in [6.07, 6.45) is 5.91. The molecule has 0 spiro atoms. The zero-order chi connectivity index (χ0) is 17.8. The average Bonchev–Trinajstić information content (AvgIpc) is 3.19. The lowest BCUT2D eigenvalue weighted by Gasteiger charge is -2.41. The molecule has 5 nitrogen and oxygen atoms in total. The van der Waals surface area contributed by atoms with Gasteiger partial charge in [-0.15, -0.1) is 11.3 Å². The number of nitrogens with one attached hydrogen (secondary N) is 1. The van der Waals surface area contributed by atoms with Crippen molar-refractivity contribution < 1.29 is 4.79 Å². The number of anilines is 1. The molecule has 1 aliphatic heterocycles. The Morgan fingerprint density at radius 1 is 1.19 bits per heavy atom. The van der Waals surface area contributed by atoms with E-state index in [-0.39, 0.29) is 5.91 Å². The van der Waals surface area contributed by atoms with Crippen LogP contribution in [0, 0.1) is 0 Å². The Hall–Kier alpha value is -1.76. The number of rotatable bonds is 5. The first kappa shape index (κ1) is 17.6. The molecule has 1 fully saturated rings. The molecule has 2 aromatic rings. The van der Waals surface area contributed by atoms with E-state index in [0.717, 1.165) is 32.7 Å². The molecule has 0 unspecified atom stereocenters. The SMILES string of the molecule is O=C(CCN1CCN([C@@H]2CCc3ccccc3C2)CC1)Nc1nccs1. The Morgan fingerprint density at radius 3 is 2.77 bits per heavy atom. The highest BCUT2D eigenvalue weighted by Crippen LogP contribution is 2.25. The molecule has 1 atom stereocenters. The number of carbonyl (C=O) groups is 1. The van der Waals surface area contributed by atoms with E-state index in [0.29, 0.717) is 17.6 Å². The van der Waals surface area contributed by atoms with Crippen molar-refractivity contribution in [1.29, 1.82) is 0 Å². The molecular weight excluding hydrogens is 344 g/mol. The van der Waals surface area contributed by atoms with Gasteiger partial charge in [-0.25, -0.2) is 4.98 Å². The third kappa shape index (κ3) is 4.31. The lowest BCUT2D eigenvalue weighted by molar-refractivity contribution is -0.116. The summed E-state index contributed by atoms with van der Waals surface area (Å²) in [5.74, 6) is 0.0614. The van der Waals surface area contributed by atoms with E-state index in [4.69, 9.17) is 0 Å². The molecule has 1 aromatic carbocycles. The van der Waals surface area contributed by atoms with Crippen LogP contribution < -0.4 is 5.32 Å². The van der Waals surface area contributed by atoms with E-state index in [9.17, 15) is 4.79 Å². The molecule has 1 aliphatic carbocycles. The number of benzene rings is 1. The highest BCUT2D eigenvalue weighted by Gasteiger charge is 2.27. The van der Waals surface area contributed by atoms with Crippen LogP contribution in [0.4, 0.5) is 5.13 Å². The van der Waals surface area contributed by atoms with Crippen molar-refractivity contribution in [2.45, 2.75) is 31.7 Å². The zero-order valence-corrected chi connectivity index (χ0v) is 15.9. The minimum absolute atomic E-state index is 0.0614. The average molecular weight is 371 g/mol. The number of aromatic nitrogens is 1. The number of amides is 1. The van der Waals surface area contributed by atoms with Gasteiger partial charge in [-0.3, -0.25) is 9.69 Å². The predicted molar refractivity (Wildman–Crippen MR) is 106 cm³/mol. The third-order valence-corrected chi connectivity index (χ3v) is 6.27. The quantitative estimate of drug-likeness (QED) is 0.879. The second-order valence-electron chi connectivity index (χ2n) is 7.18. The summed E-state index contributed by atoms with van der Waals surface area (Å²) < 4.78 is 0. The van der Waals surface area contributed by atoms with Crippen LogP contribution in [0.5, 0.6) is 0 Å². The summed E-state index contributed by atoms with van der Waals surface area (Å²) in [5.41, 5.74) is 3.07. The van der Waals surface area contributed by atoms with E-state index in [1.54, 1.807) is 6.20 Å². The first-order chi connectivity index (χ1) is 12.8. The Kier molecular flexibility index (Phi) is 5.62. The molecular formula is C20H26N4OS. The summed E-state index contributed by atoms with van der Waals surface area (Å²) >= 11 is 1.46. The maximum atomic E-state index is 12.0. The van der Waals surface area contributed by atoms with Crippen molar-refractivity contribution in [2.24, 2.45) is 0 Å². The molecule has 26 heavy (non-hydrogen) atoms. The Labute approximate surface area is 159 Å². The standard InChI is InChI=1S/C20H26N4OS/c25-19(22-20-21-8-14-26-20)7-9-23-10-12-24(13-11-23)18-6-5-16-3-1-2-4-17(16)15-18/h1-4,8,14,18H,5-7,9-13,15H2,(H,21,22,25)/t18-/m1/s1. The molecule has 4 rings (SSSR count). The van der Waals surface area contributed by atoms with Gasteiger partial charge in [0.1, 0.15) is 0 Å². The van der Waals surface area contributed by atoms with Gasteiger partial charge in [0.2, 0.25) is 5.91 Å². The number of nitrogens with zero attached hydrogens (tertiary/aromatic N) is 3. The molecule has 1 amide bonds. The number of hydrogen-bond donors (Lipinski definition) is 1. The first-order valence-electron chi connectivity index (χ1n) is 9.50. The largest absolute Gasteiger partial charge is 0.302 e. The summed E-state index contributed by atoms with van der Waals surface area (Å²) in [7, 11) is 0. The number of aryl methyl sites for hydroxylation is 1. The van der Waals surface area contributed by atoms with Crippen LogP contribution in [0.3, 0.4) is 0 Å². The summed E-state index contributed by atoms with van der Waals surface area (Å²) in [6.45, 7) is 5.17. The number of piperazine rings is 1. The van der Waals surface area contributed by atoms with Crippen molar-refractivity contribution in [3.8, 4) is 0 Å². The van der Waals surface area contributed by atoms with Crippen molar-refractivity contribution in [1.82, 2.24) is 14.8 Å². The Morgan fingerprint density at radius 2 is 2.00 bits per heavy atom. The number of fused-ring (bicyclic) bond motifs is 1. The van der Waals surface area contributed by atoms with E-state index in [2.05, 4.69) is 44.4 Å². The van der Waals surface area contributed by atoms with Crippen LogP contribution in [0.15, 0.2) is 35.8 Å². The molecule has 0 radical (unpaired) electrons. The molecule has 0 saturated carbocycles. The molecule has 6 heteroatoms. The lowest BCUT2D eigenvalue weighted by Crippen LogP contribution is -2.52. The van der Waals surface area contributed by atoms with Crippen LogP contribution in [0.1, 0.15) is 24.0 Å². The van der Waals surface area contributed by atoms with Gasteiger partial charge in [-0.2, -0.15) is 0 Å². The van der Waals surface area contributed by atoms with E-state index in [1.807, 2.05) is 5.38 Å². The van der Waals surface area contributed by atoms with Gasteiger partial charge >= 0.3 is 0 Å². The molecule has 0 bridgehead atoms. The Balaban J connectivity index is 1.20. The normalized spacial score (nSPS) is 21.3. The fraction of sp³-hybridized carbons (Fsp3) is 0.500. The molecule has 2 heterocycles. The van der Waals surface area contributed by atoms with Crippen molar-refractivity contribution >= 4 is 22.4 Å². The van der Waals surface area contributed by atoms with Crippen LogP contribution in [0.2, 0.25) is 0 Å². The molecule has 2 aliphatic rings. The smallest absolute Gasteiger partial charge is 0.227 e. The van der Waals surface area contributed by atoms with Crippen LogP contribution in [-0.4, -0.2) is 59.5 Å². The first-order valence-corrected chi connectivity index (χ1v) is 10.4. The topological polar surface area (TPSA) is 48.5 Å². The van der Waals surface area contributed by atoms with Gasteiger partial charge in [0.15, 0.2) is 5.13 Å². The van der Waals surface area contributed by atoms with E-state index < -0.39 is 0 Å². The lowest BCUT2D eigenvalue weighted by atomic mass is 9.87. The number of carbonyl (C=O) groups excluding carboxylic acids is 1. The maximum Gasteiger partial charge on any atom is 0.227 e. The van der Waals surface area contributed by atoms with Gasteiger partial charge in [0, 0.05) is 56.8 Å². The monoisotopic (exact) mass is 370 g/mol. The molecule has 1 saturated heterocycles. The van der Waals surface area contributed by atoms with Crippen LogP contribution in [0.25, 0.3) is 0 Å². The highest BCUT2D eigenvalue weighted by molar-refractivity contribution is 7.13. The second kappa shape index (κ2) is 8.29. The Bertz CT molecular complexity index is 725. The van der Waals surface area contributed by atoms with Crippen molar-refractivity contribution in [2.75, 3.05) is 38.0 Å². The fourth-order valence-electron chi connectivity index (χ4n) is 4.07. The van der Waals surface area contributed by atoms with Crippen molar-refractivity contribution in [3.63, 3.8) is 0 Å². The van der Waals surface area contributed by atoms with Crippen LogP contribution in [-0.2, 0) is 17.6 Å². The van der Waals surface area contributed by atoms with Crippen LogP contribution >= 0.6 is 11.3 Å². The van der Waals surface area contributed by atoms with E-state index >= 15 is 0 Å². The van der Waals surface area contributed by atoms with Gasteiger partial charge in [-0.05, 0) is 30.4 Å². The van der Waals surface area contributed by atoms with Gasteiger partial charge in [0.25, 0.3) is 0 Å². The fourth-order valence-corrected chi connectivity index (χ4v) is 4.61. The van der Waals surface area contributed by atoms with Gasteiger partial charge in [-0.1, -0.05) is 24.3 Å². The molecule has 1 N–H and O–H groups in total. The third-order valence-electron chi connectivity index (χ3n) is 5.58. The molecule has 1 aromatic heterocycles. The van der Waals surface area contributed by atoms with Crippen molar-refractivity contribution in [3.05, 3.63) is 47.0 Å². The highest BCUT2D eigenvalue weighted by atomic mass is 32.1. The number of hydrogen-bond acceptors (Lipinski definition) is 5. The summed E-state index contributed by atoms with van der Waals surface area (Å²) in [6, 6.07) is 9.57. The molecule has 138 valence electrons. The predicted octanol–water partition coefficient (Wildman–Crippen LogP) is 2.65. The maximum absolute atomic E-state index is 12.0. The van der Waals surface area contributed by atoms with Gasteiger partial charge in [0.05, 0.1) is 0 Å². The van der Waals surface area contributed by atoms with Gasteiger partial charge < -0.3 is 10.2 Å². The summed E-state index contributed by atoms with van der Waals surface area (Å²) in [4.78, 5) is 21.2. The second-order valence-corrected chi connectivity index (χ2v) is 8.07. The summed E-state index contributed by atoms with van der Waals surface area (Å²) in [5, 5.41) is 5.43. The minimum Gasteiger partial charge on any atom is -0.302 e. The minimum atomic E-state index is 0.0614. The van der Waals surface area contributed by atoms with E-state index in [1.165, 1.54) is 41.7 Å².